The molecule has 0 atom stereocenters. The summed E-state index contributed by atoms with van der Waals surface area (Å²) >= 11 is 0. The summed E-state index contributed by atoms with van der Waals surface area (Å²) in [5.41, 5.74) is 13.2. The van der Waals surface area contributed by atoms with Crippen LogP contribution in [0.4, 0.5) is 0 Å². The van der Waals surface area contributed by atoms with Gasteiger partial charge < -0.3 is 8.98 Å². The van der Waals surface area contributed by atoms with E-state index in [1.54, 1.807) is 0 Å². The second-order valence-electron chi connectivity index (χ2n) is 14.5. The van der Waals surface area contributed by atoms with E-state index in [0.717, 1.165) is 44.3 Å². The van der Waals surface area contributed by atoms with Gasteiger partial charge in [0.1, 0.15) is 11.2 Å². The molecule has 0 unspecified atom stereocenters. The summed E-state index contributed by atoms with van der Waals surface area (Å²) in [6.07, 6.45) is 9.15. The molecule has 4 aliphatic rings. The Morgan fingerprint density at radius 2 is 1.32 bits per heavy atom. The predicted octanol–water partition coefficient (Wildman–Crippen LogP) is 9.99. The first kappa shape index (κ1) is 29.8. The molecule has 3 aliphatic carbocycles. The molecule has 0 radical (unpaired) electrons. The van der Waals surface area contributed by atoms with Gasteiger partial charge in [0.25, 0.3) is 0 Å². The van der Waals surface area contributed by atoms with Crippen molar-refractivity contribution in [3.63, 3.8) is 0 Å². The Labute approximate surface area is 305 Å². The van der Waals surface area contributed by atoms with Gasteiger partial charge in [0.15, 0.2) is 17.5 Å². The summed E-state index contributed by atoms with van der Waals surface area (Å²) in [5, 5.41) is 4.67. The first-order chi connectivity index (χ1) is 26.0. The third-order valence-electron chi connectivity index (χ3n) is 11.0. The van der Waals surface area contributed by atoms with Crippen molar-refractivity contribution < 1.29 is 4.42 Å². The molecule has 2 aromatic heterocycles. The van der Waals surface area contributed by atoms with E-state index >= 15 is 0 Å². The van der Waals surface area contributed by atoms with E-state index < -0.39 is 0 Å². The van der Waals surface area contributed by atoms with Gasteiger partial charge in [-0.3, -0.25) is 0 Å². The molecule has 7 aromatic rings. The third kappa shape index (κ3) is 4.54. The minimum Gasteiger partial charge on any atom is -0.456 e. The molecule has 0 spiro atoms. The molecule has 11 rings (SSSR count). The van der Waals surface area contributed by atoms with Gasteiger partial charge in [-0.2, -0.15) is 0 Å². The Bertz CT molecular complexity index is 3090. The number of furan rings is 1. The fourth-order valence-electron chi connectivity index (χ4n) is 8.67. The van der Waals surface area contributed by atoms with Gasteiger partial charge in [0.05, 0.1) is 0 Å². The van der Waals surface area contributed by atoms with E-state index in [-0.39, 0.29) is 5.41 Å². The molecule has 0 fully saturated rings. The summed E-state index contributed by atoms with van der Waals surface area (Å²) in [7, 11) is 0. The van der Waals surface area contributed by atoms with E-state index in [9.17, 15) is 0 Å². The van der Waals surface area contributed by atoms with E-state index in [0.29, 0.717) is 17.5 Å². The molecule has 53 heavy (non-hydrogen) atoms. The van der Waals surface area contributed by atoms with Gasteiger partial charge in [0.2, 0.25) is 0 Å². The topological polar surface area (TPSA) is 56.7 Å². The Kier molecular flexibility index (Phi) is 6.23. The van der Waals surface area contributed by atoms with Crippen LogP contribution in [0.5, 0.6) is 0 Å². The molecule has 3 heterocycles. The van der Waals surface area contributed by atoms with Gasteiger partial charge >= 0.3 is 0 Å². The minimum atomic E-state index is -0.163. The highest BCUT2D eigenvalue weighted by Gasteiger charge is 2.38. The maximum atomic E-state index is 6.24. The molecule has 5 aromatic carbocycles. The number of benzene rings is 5. The fraction of sp³-hybridized carbons (Fsp3) is 0.0625. The Hall–Kier alpha value is -6.85. The summed E-state index contributed by atoms with van der Waals surface area (Å²) in [5.74, 6) is 1.84. The number of para-hydroxylation sites is 1. The first-order valence-electron chi connectivity index (χ1n) is 18.0. The van der Waals surface area contributed by atoms with Crippen LogP contribution in [0.2, 0.25) is 0 Å². The van der Waals surface area contributed by atoms with E-state index in [4.69, 9.17) is 19.4 Å². The lowest BCUT2D eigenvalue weighted by Gasteiger charge is -2.33. The molecule has 0 bridgehead atoms. The zero-order chi connectivity index (χ0) is 35.3. The van der Waals surface area contributed by atoms with Crippen LogP contribution in [0, 0.1) is 0 Å². The smallest absolute Gasteiger partial charge is 0.164 e. The maximum Gasteiger partial charge on any atom is 0.164 e. The number of rotatable bonds is 4. The maximum absolute atomic E-state index is 6.24. The van der Waals surface area contributed by atoms with E-state index in [1.165, 1.54) is 43.8 Å². The summed E-state index contributed by atoms with van der Waals surface area (Å²) < 4.78 is 8.46. The lowest BCUT2D eigenvalue weighted by Crippen LogP contribution is -2.31. The zero-order valence-electron chi connectivity index (χ0n) is 29.2. The van der Waals surface area contributed by atoms with Crippen LogP contribution in [0.15, 0.2) is 156 Å². The van der Waals surface area contributed by atoms with Crippen LogP contribution >= 0.6 is 0 Å². The minimum absolute atomic E-state index is 0.163. The van der Waals surface area contributed by atoms with Crippen LogP contribution in [0.1, 0.15) is 25.0 Å². The van der Waals surface area contributed by atoms with Gasteiger partial charge in [-0.05, 0) is 86.8 Å². The fourth-order valence-corrected chi connectivity index (χ4v) is 8.67. The Balaban J connectivity index is 1.06. The van der Waals surface area contributed by atoms with Crippen molar-refractivity contribution in [2.75, 3.05) is 0 Å². The molecule has 5 heteroatoms. The van der Waals surface area contributed by atoms with Crippen LogP contribution < -0.4 is 10.4 Å². The van der Waals surface area contributed by atoms with Crippen LogP contribution in [-0.4, -0.2) is 19.5 Å². The van der Waals surface area contributed by atoms with Crippen LogP contribution in [-0.2, 0) is 5.41 Å². The number of fused-ring (bicyclic) bond motifs is 8. The molecule has 0 amide bonds. The first-order valence-corrected chi connectivity index (χ1v) is 18.0. The summed E-state index contributed by atoms with van der Waals surface area (Å²) in [4.78, 5) is 15.3. The van der Waals surface area contributed by atoms with Crippen molar-refractivity contribution in [2.45, 2.75) is 19.3 Å². The van der Waals surface area contributed by atoms with Gasteiger partial charge in [-0.1, -0.05) is 111 Å². The van der Waals surface area contributed by atoms with Crippen molar-refractivity contribution in [2.24, 2.45) is 0 Å². The molecule has 0 saturated heterocycles. The molecular weight excluding hydrogens is 649 g/mol. The van der Waals surface area contributed by atoms with Crippen LogP contribution in [0.25, 0.3) is 90.6 Å². The Morgan fingerprint density at radius 1 is 0.585 bits per heavy atom. The van der Waals surface area contributed by atoms with Gasteiger partial charge in [-0.15, -0.1) is 0 Å². The number of nitrogens with zero attached hydrogens (tertiary/aromatic N) is 4. The predicted molar refractivity (Wildman–Crippen MR) is 214 cm³/mol. The normalized spacial score (nSPS) is 14.2. The number of pyridine rings is 1. The lowest BCUT2D eigenvalue weighted by atomic mass is 9.70. The monoisotopic (exact) mass is 680 g/mol. The van der Waals surface area contributed by atoms with Gasteiger partial charge in [0, 0.05) is 56.5 Å². The van der Waals surface area contributed by atoms with Crippen molar-refractivity contribution in [3.8, 4) is 51.0 Å². The zero-order valence-corrected chi connectivity index (χ0v) is 29.2. The highest BCUT2D eigenvalue weighted by atomic mass is 16.3. The number of allylic oxidation sites excluding steroid dienone is 1. The summed E-state index contributed by atoms with van der Waals surface area (Å²) in [6, 6.07) is 46.1. The highest BCUT2D eigenvalue weighted by molar-refractivity contribution is 6.11. The second-order valence-corrected chi connectivity index (χ2v) is 14.5. The molecule has 1 aliphatic heterocycles. The number of hydrogen-bond donors (Lipinski definition) is 0. The average Bonchev–Trinajstić information content (AvgIpc) is 3.89. The molecule has 250 valence electrons. The second kappa shape index (κ2) is 11.1. The SMILES string of the molecule is CC1(C)C2=c3ccccc3=CC2=Cc2cc3ccn(-c4cccc(-c5nc(-c6ccccc6)nc(-c6cccc7oc8ccccc8c67)n5)c4)cc-3c21. The van der Waals surface area contributed by atoms with Crippen LogP contribution in [0.3, 0.4) is 0 Å². The summed E-state index contributed by atoms with van der Waals surface area (Å²) in [6.45, 7) is 4.74. The van der Waals surface area contributed by atoms with E-state index in [2.05, 4.69) is 116 Å². The standard InChI is InChI=1S/C48H32N4O/c1-48(2)43-33(24-30-14-6-7-17-36(30)43)26-34-25-31-22-23-52(28-39(31)44(34)48)35-16-10-15-32(27-35)46-49-45(29-12-4-3-5-13-29)50-47(51-46)38-19-11-21-41-42(38)37-18-8-9-20-40(37)53-41/h3-28H,1-2H3. The third-order valence-corrected chi connectivity index (χ3v) is 11.0. The lowest BCUT2D eigenvalue weighted by molar-refractivity contribution is 0.669. The van der Waals surface area contributed by atoms with Crippen molar-refractivity contribution in [1.29, 1.82) is 0 Å². The van der Waals surface area contributed by atoms with Crippen molar-refractivity contribution >= 4 is 39.7 Å². The quantitative estimate of drug-likeness (QED) is 0.186. The average molecular weight is 681 g/mol. The van der Waals surface area contributed by atoms with Crippen molar-refractivity contribution in [1.82, 2.24) is 19.5 Å². The Morgan fingerprint density at radius 3 is 2.23 bits per heavy atom. The molecule has 5 nitrogen and oxygen atoms in total. The highest BCUT2D eigenvalue weighted by Crippen LogP contribution is 2.50. The van der Waals surface area contributed by atoms with E-state index in [1.807, 2.05) is 60.7 Å². The number of aromatic nitrogens is 4. The van der Waals surface area contributed by atoms with Gasteiger partial charge in [-0.25, -0.2) is 15.0 Å². The largest absolute Gasteiger partial charge is 0.456 e. The number of hydrogen-bond acceptors (Lipinski definition) is 4. The molecule has 0 saturated carbocycles. The molecule has 0 N–H and O–H groups in total. The van der Waals surface area contributed by atoms with Crippen molar-refractivity contribution in [3.05, 3.63) is 173 Å². The molecular formula is C48H32N4O.